The van der Waals surface area contributed by atoms with E-state index in [0.29, 0.717) is 18.5 Å². The number of nitriles is 1. The first-order chi connectivity index (χ1) is 14.1. The molecule has 0 aromatic heterocycles. The number of carbonyl (C=O) groups is 2. The van der Waals surface area contributed by atoms with Crippen LogP contribution in [0.4, 0.5) is 10.1 Å². The Morgan fingerprint density at radius 2 is 1.72 bits per heavy atom. The van der Waals surface area contributed by atoms with E-state index in [-0.39, 0.29) is 13.0 Å². The lowest BCUT2D eigenvalue weighted by molar-refractivity contribution is -0.153. The van der Waals surface area contributed by atoms with Gasteiger partial charge in [0.1, 0.15) is 5.82 Å². The molecular weight excluding hydrogens is 371 g/mol. The minimum atomic E-state index is -0.713. The van der Waals surface area contributed by atoms with Crippen LogP contribution < -0.4 is 4.90 Å². The summed E-state index contributed by atoms with van der Waals surface area (Å²) >= 11 is 0. The Bertz CT molecular complexity index is 885. The standard InChI is InChI=1S/C23H23FN2O3/c24-19-9-11-20(12-10-19)26(16-6-15-25)21(27)17-29-22(28)23(13-4-5-14-23)18-7-2-1-3-8-18/h1-3,7-12H,4-6,13-14,16-17H2. The predicted octanol–water partition coefficient (Wildman–Crippen LogP) is 4.13. The van der Waals surface area contributed by atoms with Gasteiger partial charge in [-0.3, -0.25) is 9.59 Å². The summed E-state index contributed by atoms with van der Waals surface area (Å²) in [4.78, 5) is 27.1. The molecular formula is C23H23FN2O3. The molecule has 0 unspecified atom stereocenters. The first-order valence-electron chi connectivity index (χ1n) is 9.72. The van der Waals surface area contributed by atoms with Gasteiger partial charge in [0.2, 0.25) is 0 Å². The fourth-order valence-electron chi connectivity index (χ4n) is 3.87. The molecule has 0 heterocycles. The van der Waals surface area contributed by atoms with Gasteiger partial charge in [0.25, 0.3) is 5.91 Å². The van der Waals surface area contributed by atoms with Crippen molar-refractivity contribution < 1.29 is 18.7 Å². The van der Waals surface area contributed by atoms with Crippen LogP contribution >= 0.6 is 0 Å². The molecule has 5 nitrogen and oxygen atoms in total. The monoisotopic (exact) mass is 394 g/mol. The molecule has 1 aliphatic rings. The van der Waals surface area contributed by atoms with Crippen LogP contribution in [0, 0.1) is 17.1 Å². The van der Waals surface area contributed by atoms with Gasteiger partial charge in [0, 0.05) is 12.2 Å². The zero-order valence-electron chi connectivity index (χ0n) is 16.1. The molecule has 1 fully saturated rings. The Morgan fingerprint density at radius 1 is 1.07 bits per heavy atom. The van der Waals surface area contributed by atoms with Gasteiger partial charge in [-0.1, -0.05) is 43.2 Å². The quantitative estimate of drug-likeness (QED) is 0.662. The lowest BCUT2D eigenvalue weighted by Crippen LogP contribution is -2.39. The molecule has 29 heavy (non-hydrogen) atoms. The summed E-state index contributed by atoms with van der Waals surface area (Å²) in [6.07, 6.45) is 3.37. The van der Waals surface area contributed by atoms with Crippen LogP contribution in [-0.2, 0) is 19.7 Å². The number of nitrogens with zero attached hydrogens (tertiary/aromatic N) is 2. The van der Waals surface area contributed by atoms with Gasteiger partial charge in [-0.15, -0.1) is 0 Å². The second kappa shape index (κ2) is 9.33. The van der Waals surface area contributed by atoms with E-state index in [1.807, 2.05) is 36.4 Å². The van der Waals surface area contributed by atoms with Crippen LogP contribution in [0.5, 0.6) is 0 Å². The Morgan fingerprint density at radius 3 is 2.34 bits per heavy atom. The van der Waals surface area contributed by atoms with Gasteiger partial charge < -0.3 is 9.64 Å². The maximum absolute atomic E-state index is 13.2. The van der Waals surface area contributed by atoms with E-state index in [1.165, 1.54) is 29.2 Å². The van der Waals surface area contributed by atoms with Crippen molar-refractivity contribution in [2.45, 2.75) is 37.5 Å². The van der Waals surface area contributed by atoms with Crippen molar-refractivity contribution >= 4 is 17.6 Å². The highest BCUT2D eigenvalue weighted by atomic mass is 19.1. The third kappa shape index (κ3) is 4.62. The van der Waals surface area contributed by atoms with Crippen molar-refractivity contribution in [2.24, 2.45) is 0 Å². The van der Waals surface area contributed by atoms with Crippen molar-refractivity contribution in [3.05, 3.63) is 66.0 Å². The lowest BCUT2D eigenvalue weighted by Gasteiger charge is -2.28. The first kappa shape index (κ1) is 20.5. The minimum Gasteiger partial charge on any atom is -0.455 e. The summed E-state index contributed by atoms with van der Waals surface area (Å²) in [5, 5.41) is 8.88. The molecule has 1 amide bonds. The highest BCUT2D eigenvalue weighted by molar-refractivity contribution is 5.96. The molecule has 3 rings (SSSR count). The lowest BCUT2D eigenvalue weighted by atomic mass is 9.79. The summed E-state index contributed by atoms with van der Waals surface area (Å²) in [6.45, 7) is -0.279. The number of hydrogen-bond donors (Lipinski definition) is 0. The molecule has 6 heteroatoms. The third-order valence-corrected chi connectivity index (χ3v) is 5.39. The Kier molecular flexibility index (Phi) is 6.61. The molecule has 2 aromatic rings. The fourth-order valence-corrected chi connectivity index (χ4v) is 3.87. The molecule has 2 aromatic carbocycles. The summed E-state index contributed by atoms with van der Waals surface area (Å²) < 4.78 is 18.7. The van der Waals surface area contributed by atoms with Crippen molar-refractivity contribution in [1.82, 2.24) is 0 Å². The first-order valence-corrected chi connectivity index (χ1v) is 9.72. The number of amides is 1. The van der Waals surface area contributed by atoms with E-state index in [4.69, 9.17) is 10.00 Å². The summed E-state index contributed by atoms with van der Waals surface area (Å²) in [7, 11) is 0. The van der Waals surface area contributed by atoms with Crippen molar-refractivity contribution in [3.8, 4) is 6.07 Å². The average Bonchev–Trinajstić information content (AvgIpc) is 3.25. The third-order valence-electron chi connectivity index (χ3n) is 5.39. The number of halogens is 1. The SMILES string of the molecule is N#CCCN(C(=O)COC(=O)C1(c2ccccc2)CCCC1)c1ccc(F)cc1. The summed E-state index contributed by atoms with van der Waals surface area (Å²) in [6, 6.07) is 17.0. The summed E-state index contributed by atoms with van der Waals surface area (Å²) in [5.74, 6) is -1.26. The highest BCUT2D eigenvalue weighted by Gasteiger charge is 2.44. The maximum Gasteiger partial charge on any atom is 0.317 e. The minimum absolute atomic E-state index is 0.116. The topological polar surface area (TPSA) is 70.4 Å². The second-order valence-corrected chi connectivity index (χ2v) is 7.16. The molecule has 0 saturated heterocycles. The maximum atomic E-state index is 13.2. The Balaban J connectivity index is 1.72. The van der Waals surface area contributed by atoms with Crippen molar-refractivity contribution in [1.29, 1.82) is 5.26 Å². The van der Waals surface area contributed by atoms with Crippen LogP contribution in [0.25, 0.3) is 0 Å². The highest BCUT2D eigenvalue weighted by Crippen LogP contribution is 2.42. The molecule has 0 bridgehead atoms. The van der Waals surface area contributed by atoms with E-state index in [0.717, 1.165) is 18.4 Å². The Hall–Kier alpha value is -3.20. The number of hydrogen-bond acceptors (Lipinski definition) is 4. The van der Waals surface area contributed by atoms with E-state index in [2.05, 4.69) is 0 Å². The van der Waals surface area contributed by atoms with Crippen molar-refractivity contribution in [2.75, 3.05) is 18.1 Å². The largest absolute Gasteiger partial charge is 0.455 e. The smallest absolute Gasteiger partial charge is 0.317 e. The van der Waals surface area contributed by atoms with Crippen LogP contribution in [-0.4, -0.2) is 25.0 Å². The Labute approximate surface area is 169 Å². The van der Waals surface area contributed by atoms with Gasteiger partial charge in [-0.2, -0.15) is 5.26 Å². The van der Waals surface area contributed by atoms with E-state index in [9.17, 15) is 14.0 Å². The van der Waals surface area contributed by atoms with E-state index >= 15 is 0 Å². The molecule has 0 radical (unpaired) electrons. The van der Waals surface area contributed by atoms with Gasteiger partial charge in [0.15, 0.2) is 6.61 Å². The number of carbonyl (C=O) groups excluding carboxylic acids is 2. The van der Waals surface area contributed by atoms with Crippen LogP contribution in [0.2, 0.25) is 0 Å². The average molecular weight is 394 g/mol. The van der Waals surface area contributed by atoms with E-state index < -0.39 is 29.7 Å². The molecule has 0 N–H and O–H groups in total. The number of esters is 1. The van der Waals surface area contributed by atoms with Crippen LogP contribution in [0.1, 0.15) is 37.7 Å². The predicted molar refractivity (Wildman–Crippen MR) is 107 cm³/mol. The van der Waals surface area contributed by atoms with Gasteiger partial charge in [0.05, 0.1) is 17.9 Å². The number of anilines is 1. The van der Waals surface area contributed by atoms with Crippen molar-refractivity contribution in [3.63, 3.8) is 0 Å². The van der Waals surface area contributed by atoms with Gasteiger partial charge >= 0.3 is 5.97 Å². The van der Waals surface area contributed by atoms with E-state index in [1.54, 1.807) is 0 Å². The van der Waals surface area contributed by atoms with Gasteiger partial charge in [-0.25, -0.2) is 4.39 Å². The molecule has 0 atom stereocenters. The zero-order chi connectivity index (χ0) is 20.7. The normalized spacial score (nSPS) is 14.8. The summed E-state index contributed by atoms with van der Waals surface area (Å²) in [5.41, 5.74) is 0.658. The van der Waals surface area contributed by atoms with Crippen LogP contribution in [0.3, 0.4) is 0 Å². The molecule has 0 aliphatic heterocycles. The fraction of sp³-hybridized carbons (Fsp3) is 0.348. The zero-order valence-corrected chi connectivity index (χ0v) is 16.1. The number of rotatable bonds is 7. The van der Waals surface area contributed by atoms with Crippen LogP contribution in [0.15, 0.2) is 54.6 Å². The molecule has 1 saturated carbocycles. The number of ether oxygens (including phenoxy) is 1. The molecule has 150 valence electrons. The molecule has 0 spiro atoms. The molecule has 1 aliphatic carbocycles. The number of benzene rings is 2. The van der Waals surface area contributed by atoms with Gasteiger partial charge in [-0.05, 0) is 42.7 Å². The second-order valence-electron chi connectivity index (χ2n) is 7.16.